The molecule has 0 bridgehead atoms. The lowest BCUT2D eigenvalue weighted by Crippen LogP contribution is -2.31. The van der Waals surface area contributed by atoms with Crippen molar-refractivity contribution in [2.45, 2.75) is 41.7 Å². The number of rotatable bonds is 5. The van der Waals surface area contributed by atoms with Gasteiger partial charge in [-0.15, -0.1) is 11.8 Å². The molecule has 3 rings (SSSR count). The number of anilines is 2. The summed E-state index contributed by atoms with van der Waals surface area (Å²) < 4.78 is 26.1. The number of sulfone groups is 1. The molecule has 8 heteroatoms. The average Bonchev–Trinajstić information content (AvgIpc) is 2.87. The Morgan fingerprint density at radius 1 is 1.21 bits per heavy atom. The molecule has 0 radical (unpaired) electrons. The molecule has 1 N–H and O–H groups in total. The molecular weight excluding hydrogens is 408 g/mol. The molecule has 2 aromatic carbocycles. The van der Waals surface area contributed by atoms with E-state index in [-0.39, 0.29) is 23.1 Å². The van der Waals surface area contributed by atoms with E-state index in [9.17, 15) is 18.0 Å². The highest BCUT2D eigenvalue weighted by Crippen LogP contribution is 2.33. The molecule has 0 fully saturated rings. The standard InChI is InChI=1S/C21H24N2O4S2/c1-14-4-6-16(7-5-14)23(3)21(25)12-15(2)29(26,27)17-8-9-19-18(13-17)22-20(24)10-11-28-19/h4-9,13,15H,10-12H2,1-3H3,(H,22,24)/t15-/m0/s1. The molecule has 0 saturated heterocycles. The maximum absolute atomic E-state index is 13.0. The first-order chi connectivity index (χ1) is 13.7. The van der Waals surface area contributed by atoms with Gasteiger partial charge in [0.25, 0.3) is 0 Å². The van der Waals surface area contributed by atoms with E-state index < -0.39 is 15.1 Å². The zero-order valence-electron chi connectivity index (χ0n) is 16.6. The monoisotopic (exact) mass is 432 g/mol. The number of amides is 2. The van der Waals surface area contributed by atoms with Crippen LogP contribution in [0.15, 0.2) is 52.3 Å². The molecule has 6 nitrogen and oxygen atoms in total. The Hall–Kier alpha value is -2.32. The van der Waals surface area contributed by atoms with E-state index in [0.717, 1.165) is 16.1 Å². The number of carbonyl (C=O) groups excluding carboxylic acids is 2. The number of aryl methyl sites for hydroxylation is 1. The maximum Gasteiger partial charge on any atom is 0.228 e. The lowest BCUT2D eigenvalue weighted by molar-refractivity contribution is -0.118. The lowest BCUT2D eigenvalue weighted by Gasteiger charge is -2.20. The summed E-state index contributed by atoms with van der Waals surface area (Å²) in [5, 5.41) is 1.87. The van der Waals surface area contributed by atoms with Crippen molar-refractivity contribution in [1.29, 1.82) is 0 Å². The second kappa shape index (κ2) is 8.59. The summed E-state index contributed by atoms with van der Waals surface area (Å²) in [5.74, 6) is 0.249. The summed E-state index contributed by atoms with van der Waals surface area (Å²) in [6.07, 6.45) is 0.253. The van der Waals surface area contributed by atoms with E-state index >= 15 is 0 Å². The molecule has 1 heterocycles. The number of nitrogens with one attached hydrogen (secondary N) is 1. The van der Waals surface area contributed by atoms with E-state index in [2.05, 4.69) is 5.32 Å². The van der Waals surface area contributed by atoms with Crippen molar-refractivity contribution in [3.05, 3.63) is 48.0 Å². The summed E-state index contributed by atoms with van der Waals surface area (Å²) in [5.41, 5.74) is 2.31. The van der Waals surface area contributed by atoms with Crippen LogP contribution < -0.4 is 10.2 Å². The Morgan fingerprint density at radius 3 is 2.59 bits per heavy atom. The van der Waals surface area contributed by atoms with Crippen LogP contribution in [0, 0.1) is 6.92 Å². The highest BCUT2D eigenvalue weighted by molar-refractivity contribution is 7.99. The molecule has 0 unspecified atom stereocenters. The lowest BCUT2D eigenvalue weighted by atomic mass is 10.2. The molecule has 0 aliphatic carbocycles. The topological polar surface area (TPSA) is 83.6 Å². The smallest absolute Gasteiger partial charge is 0.228 e. The first kappa shape index (κ1) is 21.4. The Morgan fingerprint density at radius 2 is 1.90 bits per heavy atom. The van der Waals surface area contributed by atoms with Gasteiger partial charge in [0.15, 0.2) is 9.84 Å². The number of hydrogen-bond acceptors (Lipinski definition) is 5. The van der Waals surface area contributed by atoms with Gasteiger partial charge in [-0.25, -0.2) is 8.42 Å². The third-order valence-electron chi connectivity index (χ3n) is 4.93. The SMILES string of the molecule is Cc1ccc(N(C)C(=O)C[C@H](C)S(=O)(=O)c2ccc3c(c2)NC(=O)CCS3)cc1. The van der Waals surface area contributed by atoms with Gasteiger partial charge in [-0.3, -0.25) is 9.59 Å². The quantitative estimate of drug-likeness (QED) is 0.780. The minimum Gasteiger partial charge on any atom is -0.325 e. The molecule has 2 aromatic rings. The molecule has 0 aromatic heterocycles. The van der Waals surface area contributed by atoms with Crippen LogP contribution in [0.25, 0.3) is 0 Å². The Balaban J connectivity index is 1.77. The van der Waals surface area contributed by atoms with E-state index in [0.29, 0.717) is 17.9 Å². The first-order valence-corrected chi connectivity index (χ1v) is 11.9. The Kier molecular flexibility index (Phi) is 6.33. The number of carbonyl (C=O) groups is 2. The minimum absolute atomic E-state index is 0.109. The van der Waals surface area contributed by atoms with Crippen LogP contribution in [0.1, 0.15) is 25.3 Å². The van der Waals surface area contributed by atoms with E-state index in [1.54, 1.807) is 19.2 Å². The summed E-state index contributed by atoms with van der Waals surface area (Å²) in [6, 6.07) is 12.2. The van der Waals surface area contributed by atoms with Crippen molar-refractivity contribution in [2.24, 2.45) is 0 Å². The normalized spacial score (nSPS) is 15.1. The van der Waals surface area contributed by atoms with Crippen molar-refractivity contribution in [2.75, 3.05) is 23.0 Å². The zero-order chi connectivity index (χ0) is 21.2. The maximum atomic E-state index is 13.0. The van der Waals surface area contributed by atoms with Gasteiger partial charge in [-0.05, 0) is 44.2 Å². The molecule has 2 amide bonds. The van der Waals surface area contributed by atoms with Gasteiger partial charge in [0.2, 0.25) is 11.8 Å². The van der Waals surface area contributed by atoms with Gasteiger partial charge < -0.3 is 10.2 Å². The second-order valence-electron chi connectivity index (χ2n) is 7.15. The Labute approximate surface area is 175 Å². The van der Waals surface area contributed by atoms with Gasteiger partial charge in [-0.1, -0.05) is 17.7 Å². The van der Waals surface area contributed by atoms with Crippen molar-refractivity contribution < 1.29 is 18.0 Å². The predicted molar refractivity (Wildman–Crippen MR) is 116 cm³/mol. The van der Waals surface area contributed by atoms with Crippen LogP contribution in [-0.2, 0) is 19.4 Å². The number of thioether (sulfide) groups is 1. The molecule has 1 aliphatic rings. The summed E-state index contributed by atoms with van der Waals surface area (Å²) in [6.45, 7) is 3.50. The molecule has 154 valence electrons. The van der Waals surface area contributed by atoms with Gasteiger partial charge in [-0.2, -0.15) is 0 Å². The molecule has 1 atom stereocenters. The fourth-order valence-electron chi connectivity index (χ4n) is 3.01. The number of benzene rings is 2. The number of fused-ring (bicyclic) bond motifs is 1. The fraction of sp³-hybridized carbons (Fsp3) is 0.333. The van der Waals surface area contributed by atoms with Gasteiger partial charge in [0.05, 0.1) is 15.8 Å². The van der Waals surface area contributed by atoms with Crippen molar-refractivity contribution in [3.8, 4) is 0 Å². The molecule has 0 spiro atoms. The fourth-order valence-corrected chi connectivity index (χ4v) is 5.32. The van der Waals surface area contributed by atoms with Crippen LogP contribution in [0.2, 0.25) is 0 Å². The van der Waals surface area contributed by atoms with E-state index in [4.69, 9.17) is 0 Å². The number of nitrogens with zero attached hydrogens (tertiary/aromatic N) is 1. The third-order valence-corrected chi connectivity index (χ3v) is 8.14. The Bertz CT molecular complexity index is 1030. The highest BCUT2D eigenvalue weighted by Gasteiger charge is 2.28. The molecule has 1 aliphatic heterocycles. The zero-order valence-corrected chi connectivity index (χ0v) is 18.3. The summed E-state index contributed by atoms with van der Waals surface area (Å²) >= 11 is 1.52. The minimum atomic E-state index is -3.73. The predicted octanol–water partition coefficient (Wildman–Crippen LogP) is 3.64. The van der Waals surface area contributed by atoms with Crippen molar-refractivity contribution >= 4 is 44.8 Å². The van der Waals surface area contributed by atoms with Crippen molar-refractivity contribution in [3.63, 3.8) is 0 Å². The average molecular weight is 433 g/mol. The van der Waals surface area contributed by atoms with Gasteiger partial charge in [0, 0.05) is 36.2 Å². The van der Waals surface area contributed by atoms with Gasteiger partial charge in [0.1, 0.15) is 0 Å². The number of hydrogen-bond donors (Lipinski definition) is 1. The molecule has 29 heavy (non-hydrogen) atoms. The second-order valence-corrected chi connectivity index (χ2v) is 10.7. The summed E-state index contributed by atoms with van der Waals surface area (Å²) in [7, 11) is -2.09. The first-order valence-electron chi connectivity index (χ1n) is 9.32. The van der Waals surface area contributed by atoms with Gasteiger partial charge >= 0.3 is 0 Å². The van der Waals surface area contributed by atoms with E-state index in [1.165, 1.54) is 29.7 Å². The van der Waals surface area contributed by atoms with E-state index in [1.807, 2.05) is 31.2 Å². The largest absolute Gasteiger partial charge is 0.325 e. The van der Waals surface area contributed by atoms with Crippen LogP contribution in [0.5, 0.6) is 0 Å². The van der Waals surface area contributed by atoms with Crippen molar-refractivity contribution in [1.82, 2.24) is 0 Å². The summed E-state index contributed by atoms with van der Waals surface area (Å²) in [4.78, 5) is 26.9. The van der Waals surface area contributed by atoms with Crippen LogP contribution in [0.3, 0.4) is 0 Å². The van der Waals surface area contributed by atoms with Crippen LogP contribution in [-0.4, -0.2) is 38.3 Å². The third kappa shape index (κ3) is 4.82. The van der Waals surface area contributed by atoms with Crippen LogP contribution in [0.4, 0.5) is 11.4 Å². The molecule has 0 saturated carbocycles. The van der Waals surface area contributed by atoms with Crippen LogP contribution >= 0.6 is 11.8 Å². The highest BCUT2D eigenvalue weighted by atomic mass is 32.2. The molecular formula is C21H24N2O4S2.